The molecule has 0 radical (unpaired) electrons. The van der Waals surface area contributed by atoms with Crippen LogP contribution < -0.4 is 0 Å². The second-order valence-electron chi connectivity index (χ2n) is 6.49. The van der Waals surface area contributed by atoms with Crippen LogP contribution in [-0.2, 0) is 17.1 Å². The van der Waals surface area contributed by atoms with Gasteiger partial charge in [-0.2, -0.15) is 4.31 Å². The van der Waals surface area contributed by atoms with Crippen molar-refractivity contribution in [3.8, 4) is 0 Å². The predicted octanol–water partition coefficient (Wildman–Crippen LogP) is 3.50. The number of halogens is 1. The smallest absolute Gasteiger partial charge is 0.243 e. The fraction of sp³-hybridized carbons (Fsp3) is 0.263. The lowest BCUT2D eigenvalue weighted by Gasteiger charge is -2.17. The van der Waals surface area contributed by atoms with Crippen LogP contribution in [0.5, 0.6) is 0 Å². The van der Waals surface area contributed by atoms with E-state index >= 15 is 0 Å². The first-order chi connectivity index (χ1) is 12.0. The molecule has 1 aromatic heterocycles. The zero-order valence-corrected chi connectivity index (χ0v) is 14.7. The molecule has 1 unspecified atom stereocenters. The summed E-state index contributed by atoms with van der Waals surface area (Å²) in [4.78, 5) is 0.145. The standard InChI is InChI=1S/C19H19FN2O2S/c1-21-18-5-3-2-4-14(18)12-19(21)15-10-11-22(13-15)25(23,24)17-8-6-16(20)7-9-17/h2-9,12,15H,10-11,13H2,1H3. The van der Waals surface area contributed by atoms with Crippen LogP contribution in [-0.4, -0.2) is 30.4 Å². The number of hydrogen-bond acceptors (Lipinski definition) is 2. The third-order valence-electron chi connectivity index (χ3n) is 5.01. The van der Waals surface area contributed by atoms with E-state index in [-0.39, 0.29) is 10.8 Å². The van der Waals surface area contributed by atoms with Crippen molar-refractivity contribution in [2.75, 3.05) is 13.1 Å². The molecule has 3 aromatic rings. The average Bonchev–Trinajstić information content (AvgIpc) is 3.21. The Kier molecular flexibility index (Phi) is 3.89. The summed E-state index contributed by atoms with van der Waals surface area (Å²) in [6.45, 7) is 0.926. The van der Waals surface area contributed by atoms with E-state index in [1.54, 1.807) is 0 Å². The topological polar surface area (TPSA) is 42.3 Å². The van der Waals surface area contributed by atoms with Crippen molar-refractivity contribution in [1.82, 2.24) is 8.87 Å². The largest absolute Gasteiger partial charge is 0.347 e. The van der Waals surface area contributed by atoms with E-state index in [4.69, 9.17) is 0 Å². The summed E-state index contributed by atoms with van der Waals surface area (Å²) in [5.41, 5.74) is 2.30. The maximum absolute atomic E-state index is 13.1. The summed E-state index contributed by atoms with van der Waals surface area (Å²) in [6.07, 6.45) is 0.782. The summed E-state index contributed by atoms with van der Waals surface area (Å²) >= 11 is 0. The minimum absolute atomic E-state index is 0.145. The van der Waals surface area contributed by atoms with Crippen molar-refractivity contribution in [2.45, 2.75) is 17.2 Å². The van der Waals surface area contributed by atoms with Gasteiger partial charge >= 0.3 is 0 Å². The van der Waals surface area contributed by atoms with Gasteiger partial charge in [0.05, 0.1) is 4.90 Å². The molecule has 1 atom stereocenters. The van der Waals surface area contributed by atoms with Gasteiger partial charge in [0.1, 0.15) is 5.82 Å². The molecule has 0 bridgehead atoms. The van der Waals surface area contributed by atoms with Gasteiger partial charge < -0.3 is 4.57 Å². The van der Waals surface area contributed by atoms with E-state index in [1.165, 1.54) is 34.0 Å². The van der Waals surface area contributed by atoms with Crippen molar-refractivity contribution < 1.29 is 12.8 Å². The van der Waals surface area contributed by atoms with Gasteiger partial charge in [0.25, 0.3) is 0 Å². The summed E-state index contributed by atoms with van der Waals surface area (Å²) in [6, 6.07) is 15.3. The third kappa shape index (κ3) is 2.75. The zero-order valence-electron chi connectivity index (χ0n) is 13.9. The Balaban J connectivity index is 1.62. The van der Waals surface area contributed by atoms with E-state index in [9.17, 15) is 12.8 Å². The van der Waals surface area contributed by atoms with Gasteiger partial charge in [0.15, 0.2) is 0 Å². The highest BCUT2D eigenvalue weighted by molar-refractivity contribution is 7.89. The van der Waals surface area contributed by atoms with Gasteiger partial charge in [-0.15, -0.1) is 0 Å². The molecule has 1 aliphatic heterocycles. The molecule has 4 nitrogen and oxygen atoms in total. The lowest BCUT2D eigenvalue weighted by molar-refractivity contribution is 0.471. The predicted molar refractivity (Wildman–Crippen MR) is 95.4 cm³/mol. The molecule has 2 heterocycles. The molecule has 1 aliphatic rings. The highest BCUT2D eigenvalue weighted by Crippen LogP contribution is 2.33. The highest BCUT2D eigenvalue weighted by atomic mass is 32.2. The van der Waals surface area contributed by atoms with Gasteiger partial charge in [-0.3, -0.25) is 0 Å². The fourth-order valence-electron chi connectivity index (χ4n) is 3.65. The monoisotopic (exact) mass is 358 g/mol. The SMILES string of the molecule is Cn1c(C2CCN(S(=O)(=O)c3ccc(F)cc3)C2)cc2ccccc21. The Morgan fingerprint density at radius 3 is 2.52 bits per heavy atom. The maximum Gasteiger partial charge on any atom is 0.243 e. The molecule has 0 saturated carbocycles. The molecular weight excluding hydrogens is 339 g/mol. The van der Waals surface area contributed by atoms with Crippen LogP contribution in [0.3, 0.4) is 0 Å². The van der Waals surface area contributed by atoms with Gasteiger partial charge in [0.2, 0.25) is 10.0 Å². The fourth-order valence-corrected chi connectivity index (χ4v) is 5.15. The minimum Gasteiger partial charge on any atom is -0.347 e. The van der Waals surface area contributed by atoms with Crippen LogP contribution in [0.4, 0.5) is 4.39 Å². The van der Waals surface area contributed by atoms with E-state index < -0.39 is 15.8 Å². The van der Waals surface area contributed by atoms with Crippen LogP contribution in [0.25, 0.3) is 10.9 Å². The Morgan fingerprint density at radius 2 is 1.80 bits per heavy atom. The van der Waals surface area contributed by atoms with Crippen molar-refractivity contribution in [3.05, 3.63) is 66.1 Å². The summed E-state index contributed by atoms with van der Waals surface area (Å²) in [5.74, 6) is -0.277. The molecule has 130 valence electrons. The van der Waals surface area contributed by atoms with Gasteiger partial charge in [0, 0.05) is 37.3 Å². The van der Waals surface area contributed by atoms with Gasteiger partial charge in [-0.05, 0) is 48.2 Å². The lowest BCUT2D eigenvalue weighted by Crippen LogP contribution is -2.28. The quantitative estimate of drug-likeness (QED) is 0.719. The highest BCUT2D eigenvalue weighted by Gasteiger charge is 2.34. The van der Waals surface area contributed by atoms with Crippen molar-refractivity contribution in [2.24, 2.45) is 7.05 Å². The number of rotatable bonds is 3. The molecule has 1 saturated heterocycles. The first-order valence-corrected chi connectivity index (χ1v) is 9.71. The van der Waals surface area contributed by atoms with Gasteiger partial charge in [-0.1, -0.05) is 18.2 Å². The molecule has 6 heteroatoms. The first-order valence-electron chi connectivity index (χ1n) is 8.27. The van der Waals surface area contributed by atoms with Crippen molar-refractivity contribution in [1.29, 1.82) is 0 Å². The number of sulfonamides is 1. The summed E-state index contributed by atoms with van der Waals surface area (Å²) in [5, 5.41) is 1.17. The summed E-state index contributed by atoms with van der Waals surface area (Å²) in [7, 11) is -1.56. The average molecular weight is 358 g/mol. The van der Waals surface area contributed by atoms with Crippen molar-refractivity contribution >= 4 is 20.9 Å². The van der Waals surface area contributed by atoms with Crippen LogP contribution in [0.15, 0.2) is 59.5 Å². The number of hydrogen-bond donors (Lipinski definition) is 0. The van der Waals surface area contributed by atoms with E-state index in [1.807, 2.05) is 19.2 Å². The number of benzene rings is 2. The number of aromatic nitrogens is 1. The third-order valence-corrected chi connectivity index (χ3v) is 6.89. The normalized spacial score (nSPS) is 18.9. The lowest BCUT2D eigenvalue weighted by atomic mass is 10.1. The van der Waals surface area contributed by atoms with Crippen LogP contribution in [0.1, 0.15) is 18.0 Å². The Hall–Kier alpha value is -2.18. The summed E-state index contributed by atoms with van der Waals surface area (Å²) < 4.78 is 42.3. The van der Waals surface area contributed by atoms with Crippen LogP contribution >= 0.6 is 0 Å². The second kappa shape index (κ2) is 5.97. The number of para-hydroxylation sites is 1. The first kappa shape index (κ1) is 16.3. The molecule has 0 amide bonds. The van der Waals surface area contributed by atoms with E-state index in [0.717, 1.165) is 17.6 Å². The Labute approximate surface area is 146 Å². The second-order valence-corrected chi connectivity index (χ2v) is 8.43. The number of aryl methyl sites for hydroxylation is 1. The van der Waals surface area contributed by atoms with Crippen molar-refractivity contribution in [3.63, 3.8) is 0 Å². The Morgan fingerprint density at radius 1 is 1.08 bits per heavy atom. The van der Waals surface area contributed by atoms with Gasteiger partial charge in [-0.25, -0.2) is 12.8 Å². The molecular formula is C19H19FN2O2S. The maximum atomic E-state index is 13.1. The molecule has 4 rings (SSSR count). The minimum atomic E-state index is -3.58. The number of nitrogens with zero attached hydrogens (tertiary/aromatic N) is 2. The van der Waals surface area contributed by atoms with E-state index in [2.05, 4.69) is 22.8 Å². The Bertz CT molecular complexity index is 1030. The van der Waals surface area contributed by atoms with E-state index in [0.29, 0.717) is 13.1 Å². The van der Waals surface area contributed by atoms with Crippen LogP contribution in [0.2, 0.25) is 0 Å². The van der Waals surface area contributed by atoms with Crippen LogP contribution in [0, 0.1) is 5.82 Å². The molecule has 1 fully saturated rings. The molecule has 0 aliphatic carbocycles. The molecule has 25 heavy (non-hydrogen) atoms. The molecule has 0 spiro atoms. The number of fused-ring (bicyclic) bond motifs is 1. The molecule has 0 N–H and O–H groups in total. The zero-order chi connectivity index (χ0) is 17.6. The molecule has 2 aromatic carbocycles.